The van der Waals surface area contributed by atoms with Crippen LogP contribution in [-0.4, -0.2) is 28.1 Å². The number of methoxy groups -OCH3 is 1. The van der Waals surface area contributed by atoms with Gasteiger partial charge in [0, 0.05) is 10.6 Å². The van der Waals surface area contributed by atoms with Gasteiger partial charge < -0.3 is 9.47 Å². The molecule has 0 bridgehead atoms. The van der Waals surface area contributed by atoms with Gasteiger partial charge in [0.05, 0.1) is 24.4 Å². The molecule has 0 heterocycles. The van der Waals surface area contributed by atoms with E-state index >= 15 is 0 Å². The quantitative estimate of drug-likeness (QED) is 0.730. The minimum absolute atomic E-state index is 0.110. The molecular formula is C17H17ClO5S. The van der Waals surface area contributed by atoms with Gasteiger partial charge in [0.25, 0.3) is 0 Å². The Morgan fingerprint density at radius 2 is 1.88 bits per heavy atom. The van der Waals surface area contributed by atoms with E-state index in [2.05, 4.69) is 0 Å². The van der Waals surface area contributed by atoms with E-state index in [4.69, 9.17) is 21.1 Å². The van der Waals surface area contributed by atoms with E-state index in [1.165, 1.54) is 25.3 Å². The van der Waals surface area contributed by atoms with E-state index in [1.54, 1.807) is 31.2 Å². The van der Waals surface area contributed by atoms with Crippen molar-refractivity contribution in [3.05, 3.63) is 58.6 Å². The van der Waals surface area contributed by atoms with Crippen molar-refractivity contribution in [1.82, 2.24) is 0 Å². The summed E-state index contributed by atoms with van der Waals surface area (Å²) in [6.07, 6.45) is 0. The highest BCUT2D eigenvalue weighted by Crippen LogP contribution is 2.29. The first-order valence-electron chi connectivity index (χ1n) is 7.20. The van der Waals surface area contributed by atoms with E-state index < -0.39 is 15.8 Å². The maximum atomic E-state index is 12.6. The molecule has 0 saturated carbocycles. The first-order valence-corrected chi connectivity index (χ1v) is 9.23. The van der Waals surface area contributed by atoms with Crippen LogP contribution in [0.5, 0.6) is 5.75 Å². The fraction of sp³-hybridized carbons (Fsp3) is 0.235. The lowest BCUT2D eigenvalue weighted by atomic mass is 10.1. The van der Waals surface area contributed by atoms with E-state index in [9.17, 15) is 13.2 Å². The third-order valence-corrected chi connectivity index (χ3v) is 5.20. The minimum atomic E-state index is -3.64. The van der Waals surface area contributed by atoms with Gasteiger partial charge in [-0.1, -0.05) is 29.8 Å². The maximum absolute atomic E-state index is 12.6. The number of benzene rings is 2. The third kappa shape index (κ3) is 4.07. The lowest BCUT2D eigenvalue weighted by Gasteiger charge is -2.13. The summed E-state index contributed by atoms with van der Waals surface area (Å²) in [4.78, 5) is 12.1. The largest absolute Gasteiger partial charge is 0.496 e. The molecule has 2 rings (SSSR count). The number of sulfone groups is 1. The minimum Gasteiger partial charge on any atom is -0.496 e. The average molecular weight is 369 g/mol. The Morgan fingerprint density at radius 1 is 1.17 bits per heavy atom. The highest BCUT2D eigenvalue weighted by atomic mass is 35.5. The van der Waals surface area contributed by atoms with Crippen LogP contribution in [0.15, 0.2) is 47.4 Å². The molecule has 0 spiro atoms. The zero-order valence-corrected chi connectivity index (χ0v) is 14.9. The van der Waals surface area contributed by atoms with Crippen molar-refractivity contribution in [3.63, 3.8) is 0 Å². The van der Waals surface area contributed by atoms with Crippen molar-refractivity contribution in [1.29, 1.82) is 0 Å². The number of halogens is 1. The number of para-hydroxylation sites is 1. The standard InChI is InChI=1S/C17H17ClO5S/c1-3-23-17(19)15-9-4-6-12(16(15)22-2)11-24(20,21)14-8-5-7-13(18)10-14/h4-10H,3,11H2,1-2H3. The van der Waals surface area contributed by atoms with Crippen LogP contribution >= 0.6 is 11.6 Å². The van der Waals surface area contributed by atoms with Crippen molar-refractivity contribution >= 4 is 27.4 Å². The van der Waals surface area contributed by atoms with E-state index in [0.717, 1.165) is 0 Å². The Bertz CT molecular complexity index is 846. The van der Waals surface area contributed by atoms with Crippen LogP contribution in [0.25, 0.3) is 0 Å². The topological polar surface area (TPSA) is 69.7 Å². The van der Waals surface area contributed by atoms with E-state index in [0.29, 0.717) is 10.6 Å². The van der Waals surface area contributed by atoms with Gasteiger partial charge in [-0.2, -0.15) is 0 Å². The van der Waals surface area contributed by atoms with Crippen LogP contribution in [0.1, 0.15) is 22.8 Å². The molecule has 0 N–H and O–H groups in total. The number of hydrogen-bond donors (Lipinski definition) is 0. The summed E-state index contributed by atoms with van der Waals surface area (Å²) in [7, 11) is -2.26. The summed E-state index contributed by atoms with van der Waals surface area (Å²) in [6, 6.07) is 10.8. The number of esters is 1. The summed E-state index contributed by atoms with van der Waals surface area (Å²) >= 11 is 5.86. The van der Waals surface area contributed by atoms with Gasteiger partial charge in [-0.3, -0.25) is 0 Å². The summed E-state index contributed by atoms with van der Waals surface area (Å²) in [6.45, 7) is 1.91. The molecule has 5 nitrogen and oxygen atoms in total. The normalized spacial score (nSPS) is 11.1. The lowest BCUT2D eigenvalue weighted by Crippen LogP contribution is -2.11. The summed E-state index contributed by atoms with van der Waals surface area (Å²) in [5, 5.41) is 0.336. The second-order valence-corrected chi connectivity index (χ2v) is 7.36. The van der Waals surface area contributed by atoms with Crippen molar-refractivity contribution < 1.29 is 22.7 Å². The Labute approximate surface area is 146 Å². The van der Waals surface area contributed by atoms with Crippen LogP contribution in [0.2, 0.25) is 5.02 Å². The Morgan fingerprint density at radius 3 is 2.50 bits per heavy atom. The predicted octanol–water partition coefficient (Wildman–Crippen LogP) is 3.50. The van der Waals surface area contributed by atoms with Crippen molar-refractivity contribution in [2.75, 3.05) is 13.7 Å². The molecule has 2 aromatic rings. The van der Waals surface area contributed by atoms with Gasteiger partial charge in [0.1, 0.15) is 11.3 Å². The maximum Gasteiger partial charge on any atom is 0.341 e. The van der Waals surface area contributed by atoms with E-state index in [1.807, 2.05) is 0 Å². The van der Waals surface area contributed by atoms with Crippen LogP contribution in [-0.2, 0) is 20.3 Å². The molecule has 0 aromatic heterocycles. The highest BCUT2D eigenvalue weighted by molar-refractivity contribution is 7.90. The average Bonchev–Trinajstić information content (AvgIpc) is 2.54. The first kappa shape index (κ1) is 18.3. The SMILES string of the molecule is CCOC(=O)c1cccc(CS(=O)(=O)c2cccc(Cl)c2)c1OC. The zero-order valence-electron chi connectivity index (χ0n) is 13.3. The molecule has 0 atom stereocenters. The number of ether oxygens (including phenoxy) is 2. The second-order valence-electron chi connectivity index (χ2n) is 4.93. The fourth-order valence-electron chi connectivity index (χ4n) is 2.26. The van der Waals surface area contributed by atoms with Crippen LogP contribution in [0, 0.1) is 0 Å². The highest BCUT2D eigenvalue weighted by Gasteiger charge is 2.22. The fourth-order valence-corrected chi connectivity index (χ4v) is 3.91. The smallest absolute Gasteiger partial charge is 0.341 e. The molecule has 24 heavy (non-hydrogen) atoms. The Balaban J connectivity index is 2.42. The molecule has 0 saturated heterocycles. The van der Waals surface area contributed by atoms with Crippen molar-refractivity contribution in [2.45, 2.75) is 17.6 Å². The van der Waals surface area contributed by atoms with Gasteiger partial charge in [0.2, 0.25) is 0 Å². The molecule has 2 aromatic carbocycles. The summed E-state index contributed by atoms with van der Waals surface area (Å²) in [5.74, 6) is -0.679. The van der Waals surface area contributed by atoms with Crippen molar-refractivity contribution in [3.8, 4) is 5.75 Å². The molecule has 128 valence electrons. The molecule has 0 radical (unpaired) electrons. The van der Waals surface area contributed by atoms with Gasteiger partial charge in [-0.25, -0.2) is 13.2 Å². The van der Waals surface area contributed by atoms with Crippen LogP contribution < -0.4 is 4.74 Å². The molecule has 7 heteroatoms. The Hall–Kier alpha value is -2.05. The number of carbonyl (C=O) groups excluding carboxylic acids is 1. The molecular weight excluding hydrogens is 352 g/mol. The summed E-state index contributed by atoms with van der Waals surface area (Å²) in [5.41, 5.74) is 0.571. The predicted molar refractivity (Wildman–Crippen MR) is 91.3 cm³/mol. The molecule has 0 fully saturated rings. The van der Waals surface area contributed by atoms with Crippen LogP contribution in [0.3, 0.4) is 0 Å². The third-order valence-electron chi connectivity index (χ3n) is 3.30. The Kier molecular flexibility index (Phi) is 5.85. The van der Waals surface area contributed by atoms with Gasteiger partial charge in [-0.15, -0.1) is 0 Å². The first-order chi connectivity index (χ1) is 11.4. The summed E-state index contributed by atoms with van der Waals surface area (Å²) < 4.78 is 35.4. The van der Waals surface area contributed by atoms with Crippen molar-refractivity contribution in [2.24, 2.45) is 0 Å². The molecule has 0 aliphatic heterocycles. The second kappa shape index (κ2) is 7.68. The lowest BCUT2D eigenvalue weighted by molar-refractivity contribution is 0.0522. The molecule has 0 aliphatic rings. The zero-order chi connectivity index (χ0) is 17.7. The number of carbonyl (C=O) groups is 1. The number of hydrogen-bond acceptors (Lipinski definition) is 5. The van der Waals surface area contributed by atoms with Gasteiger partial charge in [-0.05, 0) is 31.2 Å². The monoisotopic (exact) mass is 368 g/mol. The van der Waals surface area contributed by atoms with E-state index in [-0.39, 0.29) is 28.6 Å². The molecule has 0 amide bonds. The van der Waals surface area contributed by atoms with Gasteiger partial charge in [0.15, 0.2) is 9.84 Å². The molecule has 0 unspecified atom stereocenters. The van der Waals surface area contributed by atoms with Crippen LogP contribution in [0.4, 0.5) is 0 Å². The van der Waals surface area contributed by atoms with Gasteiger partial charge >= 0.3 is 5.97 Å². The number of rotatable bonds is 6. The molecule has 0 aliphatic carbocycles.